The van der Waals surface area contributed by atoms with E-state index in [1.807, 2.05) is 22.6 Å². The molecule has 0 aliphatic heterocycles. The zero-order valence-corrected chi connectivity index (χ0v) is 9.49. The highest BCUT2D eigenvalue weighted by molar-refractivity contribution is 14.1. The van der Waals surface area contributed by atoms with E-state index in [0.717, 1.165) is 0 Å². The van der Waals surface area contributed by atoms with Crippen LogP contribution in [0.15, 0.2) is 24.8 Å². The molecule has 0 aromatic carbocycles. The standard InChI is InChI=1S/C8H5IN4O2/c9-7-5(8(14)15)3-12-13(7)6-1-2-10-4-11-6/h1-4H,(H,14,15). The largest absolute Gasteiger partial charge is 0.478 e. The van der Waals surface area contributed by atoms with Crippen molar-refractivity contribution >= 4 is 28.6 Å². The SMILES string of the molecule is O=C(O)c1cnn(-c2ccncn2)c1I. The van der Waals surface area contributed by atoms with Gasteiger partial charge < -0.3 is 5.11 Å². The summed E-state index contributed by atoms with van der Waals surface area (Å²) in [7, 11) is 0. The van der Waals surface area contributed by atoms with Gasteiger partial charge in [0.2, 0.25) is 0 Å². The molecule has 0 aliphatic carbocycles. The predicted molar refractivity (Wildman–Crippen MR) is 58.8 cm³/mol. The van der Waals surface area contributed by atoms with E-state index < -0.39 is 5.97 Å². The molecule has 0 atom stereocenters. The van der Waals surface area contributed by atoms with E-state index in [1.165, 1.54) is 17.2 Å². The number of hydrogen-bond donors (Lipinski definition) is 1. The summed E-state index contributed by atoms with van der Waals surface area (Å²) in [5.74, 6) is -0.457. The van der Waals surface area contributed by atoms with Crippen LogP contribution in [-0.2, 0) is 0 Å². The highest BCUT2D eigenvalue weighted by Gasteiger charge is 2.15. The van der Waals surface area contributed by atoms with Crippen LogP contribution >= 0.6 is 22.6 Å². The fourth-order valence-electron chi connectivity index (χ4n) is 1.05. The third-order valence-electron chi connectivity index (χ3n) is 1.72. The molecule has 0 fully saturated rings. The van der Waals surface area contributed by atoms with Gasteiger partial charge in [-0.05, 0) is 22.6 Å². The minimum atomic E-state index is -1.00. The number of carboxylic acid groups (broad SMARTS) is 1. The second kappa shape index (κ2) is 3.93. The van der Waals surface area contributed by atoms with Crippen molar-refractivity contribution < 1.29 is 9.90 Å². The van der Waals surface area contributed by atoms with E-state index in [2.05, 4.69) is 15.1 Å². The molecule has 7 heteroatoms. The highest BCUT2D eigenvalue weighted by Crippen LogP contribution is 2.14. The zero-order valence-electron chi connectivity index (χ0n) is 7.33. The smallest absolute Gasteiger partial charge is 0.340 e. The van der Waals surface area contributed by atoms with Gasteiger partial charge in [0.25, 0.3) is 0 Å². The van der Waals surface area contributed by atoms with Crippen LogP contribution in [0.3, 0.4) is 0 Å². The Balaban J connectivity index is 2.52. The van der Waals surface area contributed by atoms with Crippen LogP contribution in [0.2, 0.25) is 0 Å². The monoisotopic (exact) mass is 316 g/mol. The number of nitrogens with zero attached hydrogens (tertiary/aromatic N) is 4. The van der Waals surface area contributed by atoms with Gasteiger partial charge in [0.15, 0.2) is 5.82 Å². The maximum Gasteiger partial charge on any atom is 0.340 e. The lowest BCUT2D eigenvalue weighted by molar-refractivity contribution is 0.0695. The van der Waals surface area contributed by atoms with Crippen molar-refractivity contribution in [2.24, 2.45) is 0 Å². The first kappa shape index (κ1) is 10.0. The summed E-state index contributed by atoms with van der Waals surface area (Å²) in [6, 6.07) is 1.65. The van der Waals surface area contributed by atoms with Crippen molar-refractivity contribution in [3.05, 3.63) is 34.1 Å². The van der Waals surface area contributed by atoms with Gasteiger partial charge in [-0.3, -0.25) is 0 Å². The van der Waals surface area contributed by atoms with Crippen molar-refractivity contribution in [1.82, 2.24) is 19.7 Å². The first-order valence-corrected chi connectivity index (χ1v) is 5.01. The Labute approximate surface area is 98.1 Å². The molecular weight excluding hydrogens is 311 g/mol. The molecule has 0 saturated carbocycles. The fourth-order valence-corrected chi connectivity index (χ4v) is 1.79. The minimum Gasteiger partial charge on any atom is -0.478 e. The van der Waals surface area contributed by atoms with E-state index in [1.54, 1.807) is 12.3 Å². The molecule has 2 aromatic heterocycles. The summed E-state index contributed by atoms with van der Waals surface area (Å²) < 4.78 is 1.96. The van der Waals surface area contributed by atoms with E-state index in [0.29, 0.717) is 9.52 Å². The lowest BCUT2D eigenvalue weighted by Gasteiger charge is -2.00. The van der Waals surface area contributed by atoms with Gasteiger partial charge in [-0.2, -0.15) is 5.10 Å². The number of rotatable bonds is 2. The van der Waals surface area contributed by atoms with Crippen LogP contribution in [0.5, 0.6) is 0 Å². The third-order valence-corrected chi connectivity index (χ3v) is 2.76. The van der Waals surface area contributed by atoms with Crippen molar-refractivity contribution in [3.8, 4) is 5.82 Å². The van der Waals surface area contributed by atoms with Crippen LogP contribution in [0.25, 0.3) is 5.82 Å². The normalized spacial score (nSPS) is 10.2. The Morgan fingerprint density at radius 2 is 2.33 bits per heavy atom. The predicted octanol–water partition coefficient (Wildman–Crippen LogP) is 0.965. The number of carbonyl (C=O) groups is 1. The van der Waals surface area contributed by atoms with Gasteiger partial charge >= 0.3 is 5.97 Å². The van der Waals surface area contributed by atoms with Crippen LogP contribution in [0.1, 0.15) is 10.4 Å². The minimum absolute atomic E-state index is 0.161. The Bertz CT molecular complexity index is 497. The van der Waals surface area contributed by atoms with E-state index in [9.17, 15) is 4.79 Å². The van der Waals surface area contributed by atoms with Crippen LogP contribution in [0.4, 0.5) is 0 Å². The van der Waals surface area contributed by atoms with Crippen LogP contribution in [0, 0.1) is 3.70 Å². The fraction of sp³-hybridized carbons (Fsp3) is 0. The van der Waals surface area contributed by atoms with Gasteiger partial charge in [-0.1, -0.05) is 0 Å². The Morgan fingerprint density at radius 1 is 1.53 bits per heavy atom. The highest BCUT2D eigenvalue weighted by atomic mass is 127. The molecule has 0 bridgehead atoms. The lowest BCUT2D eigenvalue weighted by atomic mass is 10.4. The van der Waals surface area contributed by atoms with E-state index >= 15 is 0 Å². The van der Waals surface area contributed by atoms with Crippen LogP contribution < -0.4 is 0 Å². The van der Waals surface area contributed by atoms with Gasteiger partial charge in [0.1, 0.15) is 15.6 Å². The topological polar surface area (TPSA) is 80.9 Å². The molecule has 1 N–H and O–H groups in total. The number of carboxylic acids is 1. The Morgan fingerprint density at radius 3 is 2.87 bits per heavy atom. The average molecular weight is 316 g/mol. The molecule has 2 aromatic rings. The van der Waals surface area contributed by atoms with Crippen molar-refractivity contribution in [2.75, 3.05) is 0 Å². The van der Waals surface area contributed by atoms with Crippen molar-refractivity contribution in [2.45, 2.75) is 0 Å². The first-order chi connectivity index (χ1) is 7.20. The summed E-state index contributed by atoms with van der Waals surface area (Å²) >= 11 is 1.91. The van der Waals surface area contributed by atoms with Gasteiger partial charge in [0, 0.05) is 12.3 Å². The van der Waals surface area contributed by atoms with E-state index in [4.69, 9.17) is 5.11 Å². The molecule has 76 valence electrons. The molecule has 0 unspecified atom stereocenters. The maximum absolute atomic E-state index is 10.8. The lowest BCUT2D eigenvalue weighted by Crippen LogP contribution is -2.04. The molecule has 0 radical (unpaired) electrons. The summed E-state index contributed by atoms with van der Waals surface area (Å²) in [6.45, 7) is 0. The van der Waals surface area contributed by atoms with Crippen molar-refractivity contribution in [3.63, 3.8) is 0 Å². The number of aromatic carboxylic acids is 1. The van der Waals surface area contributed by atoms with E-state index in [-0.39, 0.29) is 5.56 Å². The molecule has 2 heterocycles. The maximum atomic E-state index is 10.8. The van der Waals surface area contributed by atoms with Gasteiger partial charge in [0.05, 0.1) is 6.20 Å². The molecule has 2 rings (SSSR count). The summed E-state index contributed by atoms with van der Waals surface area (Å²) in [5, 5.41) is 12.8. The molecule has 6 nitrogen and oxygen atoms in total. The van der Waals surface area contributed by atoms with Gasteiger partial charge in [-0.15, -0.1) is 0 Å². The molecule has 0 amide bonds. The van der Waals surface area contributed by atoms with Crippen molar-refractivity contribution in [1.29, 1.82) is 0 Å². The second-order valence-corrected chi connectivity index (χ2v) is 3.66. The molecule has 0 saturated heterocycles. The summed E-state index contributed by atoms with van der Waals surface area (Å²) in [5.41, 5.74) is 0.161. The first-order valence-electron chi connectivity index (χ1n) is 3.93. The van der Waals surface area contributed by atoms with Gasteiger partial charge in [-0.25, -0.2) is 19.4 Å². The third kappa shape index (κ3) is 1.82. The number of halogens is 1. The molecule has 0 spiro atoms. The second-order valence-electron chi connectivity index (χ2n) is 2.63. The molecular formula is C8H5IN4O2. The molecule has 15 heavy (non-hydrogen) atoms. The van der Waals surface area contributed by atoms with Crippen LogP contribution in [-0.4, -0.2) is 30.8 Å². The average Bonchev–Trinajstić information content (AvgIpc) is 2.61. The Hall–Kier alpha value is -1.51. The quantitative estimate of drug-likeness (QED) is 0.835. The molecule has 0 aliphatic rings. The summed E-state index contributed by atoms with van der Waals surface area (Å²) in [6.07, 6.45) is 4.25. The number of hydrogen-bond acceptors (Lipinski definition) is 4. The zero-order chi connectivity index (χ0) is 10.8. The Kier molecular flexibility index (Phi) is 2.62. The number of aromatic nitrogens is 4. The summed E-state index contributed by atoms with van der Waals surface area (Å²) in [4.78, 5) is 18.5.